The Morgan fingerprint density at radius 3 is 2.96 bits per heavy atom. The minimum absolute atomic E-state index is 0.133. The number of aromatic hydroxyl groups is 1. The summed E-state index contributed by atoms with van der Waals surface area (Å²) in [6.07, 6.45) is 5.31. The average Bonchev–Trinajstić information content (AvgIpc) is 3.35. The molecule has 0 spiro atoms. The lowest BCUT2D eigenvalue weighted by Gasteiger charge is -2.10. The van der Waals surface area contributed by atoms with E-state index in [2.05, 4.69) is 60.0 Å². The molecule has 0 bridgehead atoms. The van der Waals surface area contributed by atoms with Crippen molar-refractivity contribution in [2.75, 3.05) is 10.6 Å². The number of hydrogen-bond acceptors (Lipinski definition) is 6. The van der Waals surface area contributed by atoms with E-state index in [-0.39, 0.29) is 5.75 Å². The zero-order valence-corrected chi connectivity index (χ0v) is 14.8. The molecule has 0 aliphatic rings. The van der Waals surface area contributed by atoms with Gasteiger partial charge in [0.15, 0.2) is 0 Å². The van der Waals surface area contributed by atoms with Crippen LogP contribution in [0.4, 0.5) is 17.5 Å². The summed E-state index contributed by atoms with van der Waals surface area (Å²) in [5.41, 5.74) is 3.69. The quantitative estimate of drug-likeness (QED) is 0.320. The van der Waals surface area contributed by atoms with Gasteiger partial charge in [0.25, 0.3) is 0 Å². The maximum absolute atomic E-state index is 9.89. The van der Waals surface area contributed by atoms with E-state index in [9.17, 15) is 5.11 Å². The first-order valence-corrected chi connectivity index (χ1v) is 8.81. The largest absolute Gasteiger partial charge is 0.508 e. The van der Waals surface area contributed by atoms with Crippen LogP contribution in [0.15, 0.2) is 61.1 Å². The zero-order chi connectivity index (χ0) is 18.9. The summed E-state index contributed by atoms with van der Waals surface area (Å²) < 4.78 is 0. The second-order valence-electron chi connectivity index (χ2n) is 6.47. The number of nitrogens with one attached hydrogen (secondary N) is 4. The average molecular weight is 371 g/mol. The Hall–Kier alpha value is -4.07. The first-order valence-electron chi connectivity index (χ1n) is 8.81. The van der Waals surface area contributed by atoms with Crippen LogP contribution in [0, 0.1) is 0 Å². The summed E-state index contributed by atoms with van der Waals surface area (Å²) in [5.74, 6) is 1.27. The molecule has 8 heteroatoms. The normalized spacial score (nSPS) is 11.1. The number of rotatable bonds is 5. The summed E-state index contributed by atoms with van der Waals surface area (Å²) >= 11 is 0. The second kappa shape index (κ2) is 6.58. The molecule has 3 heterocycles. The Kier molecular flexibility index (Phi) is 3.79. The zero-order valence-electron chi connectivity index (χ0n) is 14.8. The number of benzene rings is 2. The Morgan fingerprint density at radius 1 is 1.04 bits per heavy atom. The van der Waals surface area contributed by atoms with Gasteiger partial charge in [0.2, 0.25) is 5.95 Å². The van der Waals surface area contributed by atoms with Gasteiger partial charge in [-0.2, -0.15) is 10.1 Å². The van der Waals surface area contributed by atoms with Gasteiger partial charge < -0.3 is 20.7 Å². The molecule has 0 aliphatic heterocycles. The van der Waals surface area contributed by atoms with Gasteiger partial charge in [0, 0.05) is 42.0 Å². The van der Waals surface area contributed by atoms with Crippen LogP contribution < -0.4 is 10.6 Å². The third-order valence-electron chi connectivity index (χ3n) is 4.54. The summed E-state index contributed by atoms with van der Waals surface area (Å²) in [6.45, 7) is 0.648. The van der Waals surface area contributed by atoms with Gasteiger partial charge in [-0.15, -0.1) is 0 Å². The van der Waals surface area contributed by atoms with Crippen LogP contribution in [0.25, 0.3) is 21.8 Å². The van der Waals surface area contributed by atoms with E-state index < -0.39 is 0 Å². The van der Waals surface area contributed by atoms with Crippen molar-refractivity contribution in [1.82, 2.24) is 25.1 Å². The van der Waals surface area contributed by atoms with E-state index in [1.165, 1.54) is 5.39 Å². The third kappa shape index (κ3) is 3.07. The van der Waals surface area contributed by atoms with Gasteiger partial charge in [-0.05, 0) is 35.2 Å². The third-order valence-corrected chi connectivity index (χ3v) is 4.54. The van der Waals surface area contributed by atoms with E-state index in [4.69, 9.17) is 0 Å². The summed E-state index contributed by atoms with van der Waals surface area (Å²) in [5, 5.41) is 25.2. The standard InChI is InChI=1S/C20H17N7O/c28-14-8-17(15-11-24-27-18(15)9-14)25-20-22-6-4-19(26-20)23-10-12-1-2-16-13(7-12)3-5-21-16/h1-9,11,21,28H,10H2,(H,24,27)(H2,22,23,25,26). The minimum atomic E-state index is 0.133. The van der Waals surface area contributed by atoms with E-state index in [0.717, 1.165) is 22.0 Å². The molecule has 138 valence electrons. The number of hydrogen-bond donors (Lipinski definition) is 5. The van der Waals surface area contributed by atoms with Crippen LogP contribution >= 0.6 is 0 Å². The van der Waals surface area contributed by atoms with Crippen molar-refractivity contribution in [3.05, 3.63) is 66.6 Å². The predicted molar refractivity (Wildman–Crippen MR) is 109 cm³/mol. The van der Waals surface area contributed by atoms with Crippen LogP contribution in [-0.2, 0) is 6.54 Å². The topological polar surface area (TPSA) is 115 Å². The lowest BCUT2D eigenvalue weighted by Crippen LogP contribution is -2.04. The van der Waals surface area contributed by atoms with Crippen LogP contribution in [0.1, 0.15) is 5.56 Å². The van der Waals surface area contributed by atoms with Crippen molar-refractivity contribution >= 4 is 39.3 Å². The summed E-state index contributed by atoms with van der Waals surface area (Å²) in [7, 11) is 0. The SMILES string of the molecule is Oc1cc(Nc2nccc(NCc3ccc4[nH]ccc4c3)n2)c2cn[nH]c2c1. The molecule has 0 radical (unpaired) electrons. The van der Waals surface area contributed by atoms with Crippen molar-refractivity contribution in [1.29, 1.82) is 0 Å². The van der Waals surface area contributed by atoms with E-state index in [1.807, 2.05) is 12.3 Å². The number of phenols is 1. The molecule has 0 amide bonds. The van der Waals surface area contributed by atoms with Crippen molar-refractivity contribution in [2.24, 2.45) is 0 Å². The molecular weight excluding hydrogens is 354 g/mol. The molecule has 2 aromatic carbocycles. The summed E-state index contributed by atoms with van der Waals surface area (Å²) in [6, 6.07) is 13.4. The number of fused-ring (bicyclic) bond motifs is 2. The van der Waals surface area contributed by atoms with Crippen LogP contribution in [-0.4, -0.2) is 30.3 Å². The van der Waals surface area contributed by atoms with Gasteiger partial charge in [-0.1, -0.05) is 6.07 Å². The van der Waals surface area contributed by atoms with Crippen molar-refractivity contribution in [2.45, 2.75) is 6.54 Å². The molecule has 5 aromatic rings. The van der Waals surface area contributed by atoms with Crippen molar-refractivity contribution in [3.63, 3.8) is 0 Å². The second-order valence-corrected chi connectivity index (χ2v) is 6.47. The molecule has 5 N–H and O–H groups in total. The van der Waals surface area contributed by atoms with Crippen LogP contribution in [0.3, 0.4) is 0 Å². The number of aromatic amines is 2. The smallest absolute Gasteiger partial charge is 0.229 e. The lowest BCUT2D eigenvalue weighted by molar-refractivity contribution is 0.476. The van der Waals surface area contributed by atoms with E-state index in [0.29, 0.717) is 24.0 Å². The Morgan fingerprint density at radius 2 is 2.00 bits per heavy atom. The number of H-pyrrole nitrogens is 2. The van der Waals surface area contributed by atoms with Gasteiger partial charge in [-0.3, -0.25) is 5.10 Å². The van der Waals surface area contributed by atoms with Gasteiger partial charge in [0.05, 0.1) is 17.4 Å². The number of anilines is 3. The molecular formula is C20H17N7O. The van der Waals surface area contributed by atoms with Gasteiger partial charge in [-0.25, -0.2) is 4.98 Å². The highest BCUT2D eigenvalue weighted by Gasteiger charge is 2.08. The number of aromatic nitrogens is 5. The van der Waals surface area contributed by atoms with Crippen LogP contribution in [0.5, 0.6) is 5.75 Å². The first kappa shape index (κ1) is 16.1. The summed E-state index contributed by atoms with van der Waals surface area (Å²) in [4.78, 5) is 12.0. The van der Waals surface area contributed by atoms with E-state index >= 15 is 0 Å². The number of phenolic OH excluding ortho intramolecular Hbond substituents is 1. The van der Waals surface area contributed by atoms with Gasteiger partial charge >= 0.3 is 0 Å². The van der Waals surface area contributed by atoms with E-state index in [1.54, 1.807) is 24.5 Å². The number of nitrogens with zero attached hydrogens (tertiary/aromatic N) is 3. The van der Waals surface area contributed by atoms with Crippen LogP contribution in [0.2, 0.25) is 0 Å². The Labute approximate surface area is 159 Å². The fourth-order valence-corrected chi connectivity index (χ4v) is 3.18. The van der Waals surface area contributed by atoms with Crippen molar-refractivity contribution in [3.8, 4) is 5.75 Å². The molecule has 0 aliphatic carbocycles. The molecule has 28 heavy (non-hydrogen) atoms. The molecule has 0 saturated carbocycles. The predicted octanol–water partition coefficient (Wildman–Crippen LogP) is 3.90. The fraction of sp³-hybridized carbons (Fsp3) is 0.0500. The van der Waals surface area contributed by atoms with Gasteiger partial charge in [0.1, 0.15) is 11.6 Å². The molecule has 0 atom stereocenters. The first-order chi connectivity index (χ1) is 13.7. The molecule has 0 fully saturated rings. The highest BCUT2D eigenvalue weighted by Crippen LogP contribution is 2.29. The fourth-order valence-electron chi connectivity index (χ4n) is 3.18. The molecule has 3 aromatic heterocycles. The Bertz CT molecular complexity index is 1270. The molecule has 5 rings (SSSR count). The highest BCUT2D eigenvalue weighted by atomic mass is 16.3. The molecule has 0 unspecified atom stereocenters. The van der Waals surface area contributed by atoms with Crippen molar-refractivity contribution < 1.29 is 5.11 Å². The lowest BCUT2D eigenvalue weighted by atomic mass is 10.1. The molecule has 8 nitrogen and oxygen atoms in total. The molecule has 0 saturated heterocycles. The Balaban J connectivity index is 1.35. The minimum Gasteiger partial charge on any atom is -0.508 e. The maximum atomic E-state index is 9.89. The monoisotopic (exact) mass is 371 g/mol. The maximum Gasteiger partial charge on any atom is 0.229 e. The highest BCUT2D eigenvalue weighted by molar-refractivity contribution is 5.93.